The number of pyridine rings is 1. The molecule has 3 heterocycles. The normalized spacial score (nSPS) is 16.4. The van der Waals surface area contributed by atoms with E-state index in [0.717, 1.165) is 73.5 Å². The van der Waals surface area contributed by atoms with E-state index in [0.29, 0.717) is 41.5 Å². The summed E-state index contributed by atoms with van der Waals surface area (Å²) in [5.41, 5.74) is 1.02. The van der Waals surface area contributed by atoms with Gasteiger partial charge in [0.15, 0.2) is 28.3 Å². The number of aromatic nitrogens is 2. The number of thiazole rings is 1. The van der Waals surface area contributed by atoms with Gasteiger partial charge in [0.25, 0.3) is 15.9 Å². The van der Waals surface area contributed by atoms with E-state index in [4.69, 9.17) is 9.72 Å². The number of anilines is 2. The summed E-state index contributed by atoms with van der Waals surface area (Å²) in [6.07, 6.45) is 6.55. The Balaban J connectivity index is 1.58. The Kier molecular flexibility index (Phi) is 12.4. The molecule has 1 aliphatic rings. The van der Waals surface area contributed by atoms with E-state index < -0.39 is 33.8 Å². The maximum Gasteiger partial charge on any atom is 0.286 e. The highest BCUT2D eigenvalue weighted by molar-refractivity contribution is 7.92. The van der Waals surface area contributed by atoms with Gasteiger partial charge in [-0.15, -0.1) is 0 Å². The number of rotatable bonds is 9. The molecule has 4 aromatic rings. The zero-order valence-corrected chi connectivity index (χ0v) is 32.6. The summed E-state index contributed by atoms with van der Waals surface area (Å²) in [5.74, 6) is -3.85. The standard InChI is InChI=1S/C40H48F3N5O3S2/c1-6-21-39(5,22-23-44)26-48-24-12-8-7-9-14-28-15-10-11-16-30(28)35-36(52-37(46-35)47-53(49,50)34-18-13-17-33(48)45-34)29-19-20-31(41)32(25-29)51-27-40(42,43)38(2,3)4/h10-11,13,15-20,25H,6-9,12,14,21-22,24,26-27H2,1-5H3,(H,46,47)/t39-/m1/s1. The highest BCUT2D eigenvalue weighted by Crippen LogP contribution is 2.43. The summed E-state index contributed by atoms with van der Waals surface area (Å²) in [6, 6.07) is 19.0. The fourth-order valence-electron chi connectivity index (χ4n) is 6.47. The molecule has 2 aromatic heterocycles. The first-order chi connectivity index (χ1) is 25.1. The van der Waals surface area contributed by atoms with Crippen molar-refractivity contribution >= 4 is 32.3 Å². The summed E-state index contributed by atoms with van der Waals surface area (Å²) >= 11 is 1.05. The number of ether oxygens (including phenoxy) is 1. The van der Waals surface area contributed by atoms with Gasteiger partial charge in [-0.3, -0.25) is 4.72 Å². The first-order valence-corrected chi connectivity index (χ1v) is 20.4. The molecule has 0 radical (unpaired) electrons. The van der Waals surface area contributed by atoms with Gasteiger partial charge < -0.3 is 9.64 Å². The summed E-state index contributed by atoms with van der Waals surface area (Å²) < 4.78 is 80.5. The molecule has 0 unspecified atom stereocenters. The highest BCUT2D eigenvalue weighted by Gasteiger charge is 2.44. The van der Waals surface area contributed by atoms with Crippen molar-refractivity contribution in [3.05, 3.63) is 72.0 Å². The molecule has 284 valence electrons. The highest BCUT2D eigenvalue weighted by atomic mass is 32.2. The van der Waals surface area contributed by atoms with Crippen LogP contribution in [-0.2, 0) is 16.4 Å². The van der Waals surface area contributed by atoms with Crippen molar-refractivity contribution in [2.45, 2.75) is 96.9 Å². The average Bonchev–Trinajstić information content (AvgIpc) is 3.51. The minimum absolute atomic E-state index is 0.0637. The Morgan fingerprint density at radius 3 is 2.49 bits per heavy atom. The van der Waals surface area contributed by atoms with Crippen molar-refractivity contribution in [1.29, 1.82) is 5.26 Å². The molecule has 5 rings (SSSR count). The second-order valence-electron chi connectivity index (χ2n) is 15.2. The lowest BCUT2D eigenvalue weighted by Gasteiger charge is -2.35. The molecular weight excluding hydrogens is 720 g/mol. The zero-order valence-electron chi connectivity index (χ0n) is 31.0. The molecule has 2 aromatic carbocycles. The van der Waals surface area contributed by atoms with Crippen molar-refractivity contribution < 1.29 is 26.3 Å². The van der Waals surface area contributed by atoms with Crippen LogP contribution in [0.2, 0.25) is 0 Å². The quantitative estimate of drug-likeness (QED) is 0.181. The number of sulfonamides is 1. The average molecular weight is 768 g/mol. The Labute approximate surface area is 315 Å². The molecule has 1 atom stereocenters. The number of hydrogen-bond donors (Lipinski definition) is 1. The fraction of sp³-hybridized carbons (Fsp3) is 0.475. The smallest absolute Gasteiger partial charge is 0.286 e. The molecule has 0 saturated carbocycles. The maximum atomic E-state index is 15.0. The van der Waals surface area contributed by atoms with Crippen LogP contribution < -0.4 is 14.4 Å². The van der Waals surface area contributed by atoms with Gasteiger partial charge in [0.1, 0.15) is 5.82 Å². The van der Waals surface area contributed by atoms with E-state index in [1.165, 1.54) is 39.0 Å². The number of fused-ring (bicyclic) bond motifs is 6. The second kappa shape index (κ2) is 16.5. The van der Waals surface area contributed by atoms with Gasteiger partial charge in [0.05, 0.1) is 16.6 Å². The lowest BCUT2D eigenvalue weighted by Crippen LogP contribution is -2.39. The minimum Gasteiger partial charge on any atom is -0.484 e. The molecular formula is C40H48F3N5O3S2. The molecule has 0 spiro atoms. The molecule has 13 heteroatoms. The van der Waals surface area contributed by atoms with Gasteiger partial charge in [0.2, 0.25) is 0 Å². The van der Waals surface area contributed by atoms with Crippen molar-refractivity contribution in [3.8, 4) is 33.5 Å². The van der Waals surface area contributed by atoms with Crippen LogP contribution in [0.3, 0.4) is 0 Å². The van der Waals surface area contributed by atoms with Crippen LogP contribution in [0.4, 0.5) is 24.1 Å². The predicted octanol–water partition coefficient (Wildman–Crippen LogP) is 10.5. The van der Waals surface area contributed by atoms with E-state index in [-0.39, 0.29) is 21.3 Å². The first-order valence-electron chi connectivity index (χ1n) is 18.1. The number of nitrogens with one attached hydrogen (secondary N) is 1. The summed E-state index contributed by atoms with van der Waals surface area (Å²) in [6.45, 7) is 8.57. The number of halogens is 3. The molecule has 0 fully saturated rings. The third-order valence-corrected chi connectivity index (χ3v) is 12.1. The first kappa shape index (κ1) is 40.0. The Bertz CT molecular complexity index is 2040. The number of benzene rings is 2. The zero-order chi connectivity index (χ0) is 38.4. The van der Waals surface area contributed by atoms with Crippen LogP contribution in [0.1, 0.15) is 85.1 Å². The Hall–Kier alpha value is -4.15. The summed E-state index contributed by atoms with van der Waals surface area (Å²) in [5, 5.41) is 9.51. The molecule has 8 nitrogen and oxygen atoms in total. The summed E-state index contributed by atoms with van der Waals surface area (Å²) in [7, 11) is -4.24. The molecule has 0 aliphatic carbocycles. The second-order valence-corrected chi connectivity index (χ2v) is 17.8. The number of hydrogen-bond acceptors (Lipinski definition) is 8. The lowest BCUT2D eigenvalue weighted by molar-refractivity contribution is -0.123. The van der Waals surface area contributed by atoms with Crippen LogP contribution >= 0.6 is 11.3 Å². The lowest BCUT2D eigenvalue weighted by atomic mass is 9.82. The van der Waals surface area contributed by atoms with Gasteiger partial charge in [-0.1, -0.05) is 102 Å². The largest absolute Gasteiger partial charge is 0.484 e. The molecule has 0 saturated heterocycles. The molecule has 1 N–H and O–H groups in total. The third kappa shape index (κ3) is 9.70. The van der Waals surface area contributed by atoms with E-state index in [1.807, 2.05) is 24.3 Å². The molecule has 4 bridgehead atoms. The van der Waals surface area contributed by atoms with Gasteiger partial charge in [-0.05, 0) is 66.5 Å². The summed E-state index contributed by atoms with van der Waals surface area (Å²) in [4.78, 5) is 12.0. The minimum atomic E-state index is -4.24. The Morgan fingerprint density at radius 1 is 1.00 bits per heavy atom. The van der Waals surface area contributed by atoms with Crippen molar-refractivity contribution in [2.75, 3.05) is 29.3 Å². The number of aryl methyl sites for hydroxylation is 1. The molecule has 53 heavy (non-hydrogen) atoms. The van der Waals surface area contributed by atoms with E-state index >= 15 is 0 Å². The van der Waals surface area contributed by atoms with Gasteiger partial charge in [-0.25, -0.2) is 23.1 Å². The van der Waals surface area contributed by atoms with Gasteiger partial charge in [0, 0.05) is 30.5 Å². The number of nitrogens with zero attached hydrogens (tertiary/aromatic N) is 4. The third-order valence-electron chi connectivity index (χ3n) is 9.69. The Morgan fingerprint density at radius 2 is 1.75 bits per heavy atom. The van der Waals surface area contributed by atoms with Crippen LogP contribution in [0.25, 0.3) is 21.7 Å². The number of alkyl halides is 2. The van der Waals surface area contributed by atoms with Crippen molar-refractivity contribution in [3.63, 3.8) is 0 Å². The number of nitriles is 1. The van der Waals surface area contributed by atoms with Gasteiger partial charge in [-0.2, -0.15) is 13.7 Å². The van der Waals surface area contributed by atoms with E-state index in [1.54, 1.807) is 12.1 Å². The predicted molar refractivity (Wildman–Crippen MR) is 206 cm³/mol. The van der Waals surface area contributed by atoms with Gasteiger partial charge >= 0.3 is 0 Å². The van der Waals surface area contributed by atoms with Crippen LogP contribution in [-0.4, -0.2) is 44.0 Å². The fourth-order valence-corrected chi connectivity index (χ4v) is 8.65. The maximum absolute atomic E-state index is 15.0. The van der Waals surface area contributed by atoms with Crippen LogP contribution in [0, 0.1) is 28.0 Å². The SMILES string of the molecule is CCC[C@](C)(CC#N)CN1CCCCCCc2ccccc2-c2nc(sc2-c2ccc(F)c(OCC(F)(F)C(C)(C)C)c2)NS(=O)(=O)c2cccc1n2. The van der Waals surface area contributed by atoms with Crippen LogP contribution in [0.15, 0.2) is 65.7 Å². The molecule has 1 aliphatic heterocycles. The topological polar surface area (TPSA) is 108 Å². The van der Waals surface area contributed by atoms with Crippen molar-refractivity contribution in [2.24, 2.45) is 10.8 Å². The van der Waals surface area contributed by atoms with Crippen molar-refractivity contribution in [1.82, 2.24) is 9.97 Å². The van der Waals surface area contributed by atoms with E-state index in [9.17, 15) is 26.9 Å². The van der Waals surface area contributed by atoms with Crippen LogP contribution in [0.5, 0.6) is 5.75 Å². The van der Waals surface area contributed by atoms with E-state index in [2.05, 4.69) is 34.5 Å². The monoisotopic (exact) mass is 767 g/mol. The molecule has 0 amide bonds.